The van der Waals surface area contributed by atoms with Gasteiger partial charge in [-0.25, -0.2) is 0 Å². The molecule has 19 heavy (non-hydrogen) atoms. The van der Waals surface area contributed by atoms with E-state index in [1.807, 2.05) is 18.2 Å². The number of fused-ring (bicyclic) bond motifs is 1. The number of hydrogen-bond acceptors (Lipinski definition) is 3. The first-order valence-corrected chi connectivity index (χ1v) is 6.49. The molecule has 1 aliphatic heterocycles. The van der Waals surface area contributed by atoms with Crippen LogP contribution in [0.1, 0.15) is 23.3 Å². The van der Waals surface area contributed by atoms with Gasteiger partial charge in [-0.1, -0.05) is 0 Å². The first kappa shape index (κ1) is 12.0. The number of nitrogen functional groups attached to an aromatic ring is 1. The van der Waals surface area contributed by atoms with Crippen LogP contribution < -0.4 is 5.73 Å². The number of aliphatic hydroxyl groups is 1. The molecule has 0 saturated carbocycles. The third-order valence-electron chi connectivity index (χ3n) is 3.72. The summed E-state index contributed by atoms with van der Waals surface area (Å²) in [4.78, 5) is 17.3. The van der Waals surface area contributed by atoms with Crippen molar-refractivity contribution in [2.45, 2.75) is 18.9 Å². The van der Waals surface area contributed by atoms with Crippen molar-refractivity contribution >= 4 is 22.5 Å². The molecule has 1 unspecified atom stereocenters. The Balaban J connectivity index is 1.93. The van der Waals surface area contributed by atoms with Gasteiger partial charge >= 0.3 is 0 Å². The molecule has 1 aromatic heterocycles. The Morgan fingerprint density at radius 2 is 2.32 bits per heavy atom. The van der Waals surface area contributed by atoms with E-state index in [-0.39, 0.29) is 18.6 Å². The number of amides is 1. The topological polar surface area (TPSA) is 82.4 Å². The molecule has 1 saturated heterocycles. The summed E-state index contributed by atoms with van der Waals surface area (Å²) in [5, 5.41) is 10.2. The van der Waals surface area contributed by atoms with Gasteiger partial charge in [0.15, 0.2) is 0 Å². The molecule has 5 nitrogen and oxygen atoms in total. The van der Waals surface area contributed by atoms with Gasteiger partial charge in [-0.05, 0) is 37.1 Å². The van der Waals surface area contributed by atoms with E-state index in [1.54, 1.807) is 11.0 Å². The number of rotatable bonds is 2. The predicted octanol–water partition coefficient (Wildman–Crippen LogP) is 1.35. The molecule has 1 aliphatic rings. The van der Waals surface area contributed by atoms with Crippen LogP contribution in [0.15, 0.2) is 24.3 Å². The second kappa shape index (κ2) is 4.59. The van der Waals surface area contributed by atoms with Crippen LogP contribution in [0.4, 0.5) is 5.69 Å². The highest BCUT2D eigenvalue weighted by Crippen LogP contribution is 2.23. The van der Waals surface area contributed by atoms with E-state index in [0.29, 0.717) is 17.9 Å². The van der Waals surface area contributed by atoms with Crippen molar-refractivity contribution in [3.63, 3.8) is 0 Å². The molecule has 0 spiro atoms. The molecule has 1 fully saturated rings. The van der Waals surface area contributed by atoms with Crippen molar-refractivity contribution in [2.75, 3.05) is 18.9 Å². The fourth-order valence-electron chi connectivity index (χ4n) is 2.71. The van der Waals surface area contributed by atoms with Crippen molar-refractivity contribution < 1.29 is 9.90 Å². The highest BCUT2D eigenvalue weighted by Gasteiger charge is 2.29. The second-order valence-corrected chi connectivity index (χ2v) is 5.01. The van der Waals surface area contributed by atoms with Gasteiger partial charge in [0.05, 0.1) is 12.6 Å². The number of aromatic nitrogens is 1. The summed E-state index contributed by atoms with van der Waals surface area (Å²) in [7, 11) is 0. The molecule has 2 aromatic rings. The molecule has 0 aliphatic carbocycles. The SMILES string of the molecule is Nc1ccc2[nH]c(C(=O)N3CCCC3CO)cc2c1. The Kier molecular flexibility index (Phi) is 2.91. The first-order chi connectivity index (χ1) is 9.19. The van der Waals surface area contributed by atoms with Gasteiger partial charge in [0.2, 0.25) is 0 Å². The molecule has 4 N–H and O–H groups in total. The van der Waals surface area contributed by atoms with Crippen LogP contribution in [0.5, 0.6) is 0 Å². The van der Waals surface area contributed by atoms with Crippen LogP contribution in [0.25, 0.3) is 10.9 Å². The average Bonchev–Trinajstić information content (AvgIpc) is 3.03. The van der Waals surface area contributed by atoms with Crippen LogP contribution in [-0.4, -0.2) is 40.1 Å². The molecule has 100 valence electrons. The number of nitrogens with zero attached hydrogens (tertiary/aromatic N) is 1. The molecule has 1 atom stereocenters. The van der Waals surface area contributed by atoms with Gasteiger partial charge in [0.25, 0.3) is 5.91 Å². The molecule has 1 aromatic carbocycles. The minimum Gasteiger partial charge on any atom is -0.399 e. The quantitative estimate of drug-likeness (QED) is 0.712. The van der Waals surface area contributed by atoms with Crippen LogP contribution in [0, 0.1) is 0 Å². The van der Waals surface area contributed by atoms with Gasteiger partial charge in [-0.15, -0.1) is 0 Å². The summed E-state index contributed by atoms with van der Waals surface area (Å²) in [5.41, 5.74) is 7.87. The Morgan fingerprint density at radius 1 is 1.47 bits per heavy atom. The Hall–Kier alpha value is -2.01. The number of carbonyl (C=O) groups excluding carboxylic acids is 1. The number of H-pyrrole nitrogens is 1. The van der Waals surface area contributed by atoms with Crippen LogP contribution in [0.2, 0.25) is 0 Å². The zero-order valence-electron chi connectivity index (χ0n) is 10.6. The third-order valence-corrected chi connectivity index (χ3v) is 3.72. The van der Waals surface area contributed by atoms with E-state index in [9.17, 15) is 9.90 Å². The largest absolute Gasteiger partial charge is 0.399 e. The van der Waals surface area contributed by atoms with E-state index in [0.717, 1.165) is 23.7 Å². The Labute approximate surface area is 111 Å². The number of hydrogen-bond donors (Lipinski definition) is 3. The number of anilines is 1. The third kappa shape index (κ3) is 2.06. The molecular weight excluding hydrogens is 242 g/mol. The number of carbonyl (C=O) groups is 1. The molecule has 5 heteroatoms. The summed E-state index contributed by atoms with van der Waals surface area (Å²) in [6, 6.07) is 7.29. The summed E-state index contributed by atoms with van der Waals surface area (Å²) >= 11 is 0. The van der Waals surface area contributed by atoms with E-state index in [4.69, 9.17) is 5.73 Å². The van der Waals surface area contributed by atoms with Crippen LogP contribution in [0.3, 0.4) is 0 Å². The van der Waals surface area contributed by atoms with Crippen molar-refractivity contribution in [2.24, 2.45) is 0 Å². The number of aromatic amines is 1. The molecule has 0 radical (unpaired) electrons. The highest BCUT2D eigenvalue weighted by molar-refractivity contribution is 5.98. The van der Waals surface area contributed by atoms with Crippen molar-refractivity contribution in [3.8, 4) is 0 Å². The lowest BCUT2D eigenvalue weighted by molar-refractivity contribution is 0.0672. The fraction of sp³-hybridized carbons (Fsp3) is 0.357. The zero-order valence-corrected chi connectivity index (χ0v) is 10.6. The lowest BCUT2D eigenvalue weighted by atomic mass is 10.2. The number of aliphatic hydroxyl groups excluding tert-OH is 1. The van der Waals surface area contributed by atoms with E-state index >= 15 is 0 Å². The molecule has 1 amide bonds. The summed E-state index contributed by atoms with van der Waals surface area (Å²) < 4.78 is 0. The van der Waals surface area contributed by atoms with Crippen molar-refractivity contribution in [1.82, 2.24) is 9.88 Å². The Morgan fingerprint density at radius 3 is 3.11 bits per heavy atom. The Bertz CT molecular complexity index is 620. The molecule has 3 rings (SSSR count). The molecule has 2 heterocycles. The van der Waals surface area contributed by atoms with E-state index in [2.05, 4.69) is 4.98 Å². The first-order valence-electron chi connectivity index (χ1n) is 6.49. The monoisotopic (exact) mass is 259 g/mol. The fourth-order valence-corrected chi connectivity index (χ4v) is 2.71. The summed E-state index contributed by atoms with van der Waals surface area (Å²) in [6.07, 6.45) is 1.82. The van der Waals surface area contributed by atoms with Crippen LogP contribution >= 0.6 is 0 Å². The molecular formula is C14H17N3O2. The summed E-state index contributed by atoms with van der Waals surface area (Å²) in [6.45, 7) is 0.737. The molecule has 0 bridgehead atoms. The smallest absolute Gasteiger partial charge is 0.270 e. The normalized spacial score (nSPS) is 19.2. The lowest BCUT2D eigenvalue weighted by Crippen LogP contribution is -2.37. The summed E-state index contributed by atoms with van der Waals surface area (Å²) in [5.74, 6) is -0.0497. The maximum absolute atomic E-state index is 12.4. The van der Waals surface area contributed by atoms with Crippen LogP contribution in [-0.2, 0) is 0 Å². The maximum Gasteiger partial charge on any atom is 0.270 e. The van der Waals surface area contributed by atoms with Gasteiger partial charge in [0.1, 0.15) is 5.69 Å². The van der Waals surface area contributed by atoms with Gasteiger partial charge in [-0.2, -0.15) is 0 Å². The average molecular weight is 259 g/mol. The second-order valence-electron chi connectivity index (χ2n) is 5.01. The van der Waals surface area contributed by atoms with Gasteiger partial charge in [0, 0.05) is 23.1 Å². The van der Waals surface area contributed by atoms with E-state index in [1.165, 1.54) is 0 Å². The van der Waals surface area contributed by atoms with Crippen molar-refractivity contribution in [1.29, 1.82) is 0 Å². The number of likely N-dealkylation sites (tertiary alicyclic amines) is 1. The minimum atomic E-state index is -0.0519. The van der Waals surface area contributed by atoms with Crippen molar-refractivity contribution in [3.05, 3.63) is 30.0 Å². The highest BCUT2D eigenvalue weighted by atomic mass is 16.3. The zero-order chi connectivity index (χ0) is 13.4. The number of nitrogens with one attached hydrogen (secondary N) is 1. The minimum absolute atomic E-state index is 0.0267. The maximum atomic E-state index is 12.4. The standard InChI is InChI=1S/C14H17N3O2/c15-10-3-4-12-9(6-10)7-13(16-12)14(19)17-5-1-2-11(17)8-18/h3-4,6-7,11,16,18H,1-2,5,8,15H2. The van der Waals surface area contributed by atoms with Gasteiger partial charge < -0.3 is 20.7 Å². The van der Waals surface area contributed by atoms with E-state index < -0.39 is 0 Å². The number of benzene rings is 1. The lowest BCUT2D eigenvalue weighted by Gasteiger charge is -2.22. The van der Waals surface area contributed by atoms with Gasteiger partial charge in [-0.3, -0.25) is 4.79 Å². The number of nitrogens with two attached hydrogens (primary N) is 1. The predicted molar refractivity (Wildman–Crippen MR) is 73.9 cm³/mol.